The van der Waals surface area contributed by atoms with Gasteiger partial charge in [0, 0.05) is 26.7 Å². The molecule has 0 aliphatic carbocycles. The normalized spacial score (nSPS) is 15.0. The standard InChI is InChI=1S/C13H24N2O4/c1-9(2)15-12(10(17-4)8-14-15)13(3,16)7-11(18-5)19-6/h8-9,11,16H,7H2,1-6H3. The van der Waals surface area contributed by atoms with E-state index in [9.17, 15) is 5.11 Å². The van der Waals surface area contributed by atoms with Crippen LogP contribution >= 0.6 is 0 Å². The fourth-order valence-electron chi connectivity index (χ4n) is 2.08. The SMILES string of the molecule is COc1cnn(C(C)C)c1C(C)(O)CC(OC)OC. The molecular weight excluding hydrogens is 248 g/mol. The van der Waals surface area contributed by atoms with Crippen molar-refractivity contribution in [1.29, 1.82) is 0 Å². The van der Waals surface area contributed by atoms with E-state index in [-0.39, 0.29) is 12.5 Å². The predicted molar refractivity (Wildman–Crippen MR) is 71.2 cm³/mol. The van der Waals surface area contributed by atoms with Crippen molar-refractivity contribution in [3.63, 3.8) is 0 Å². The number of ether oxygens (including phenoxy) is 3. The molecule has 1 atom stereocenters. The molecule has 0 fully saturated rings. The van der Waals surface area contributed by atoms with Crippen molar-refractivity contribution in [3.8, 4) is 5.75 Å². The topological polar surface area (TPSA) is 65.7 Å². The Morgan fingerprint density at radius 2 is 1.89 bits per heavy atom. The van der Waals surface area contributed by atoms with Crippen LogP contribution in [0.2, 0.25) is 0 Å². The average Bonchev–Trinajstić information content (AvgIpc) is 2.80. The van der Waals surface area contributed by atoms with E-state index in [1.54, 1.807) is 39.1 Å². The zero-order chi connectivity index (χ0) is 14.6. The summed E-state index contributed by atoms with van der Waals surface area (Å²) in [6.07, 6.45) is 1.41. The van der Waals surface area contributed by atoms with Crippen molar-refractivity contribution in [2.45, 2.75) is 45.1 Å². The summed E-state index contributed by atoms with van der Waals surface area (Å²) in [7, 11) is 4.65. The summed E-state index contributed by atoms with van der Waals surface area (Å²) in [5.41, 5.74) is -0.535. The van der Waals surface area contributed by atoms with Crippen LogP contribution in [0.4, 0.5) is 0 Å². The molecule has 6 nitrogen and oxygen atoms in total. The number of aliphatic hydroxyl groups is 1. The van der Waals surface area contributed by atoms with Crippen LogP contribution in [0, 0.1) is 0 Å². The Hall–Kier alpha value is -1.11. The molecule has 6 heteroatoms. The van der Waals surface area contributed by atoms with Crippen molar-refractivity contribution < 1.29 is 19.3 Å². The number of rotatable bonds is 7. The van der Waals surface area contributed by atoms with Crippen LogP contribution in [-0.4, -0.2) is 42.5 Å². The lowest BCUT2D eigenvalue weighted by molar-refractivity contribution is -0.144. The summed E-state index contributed by atoms with van der Waals surface area (Å²) >= 11 is 0. The van der Waals surface area contributed by atoms with Crippen molar-refractivity contribution in [2.75, 3.05) is 21.3 Å². The number of hydrogen-bond acceptors (Lipinski definition) is 5. The van der Waals surface area contributed by atoms with Crippen LogP contribution in [0.3, 0.4) is 0 Å². The monoisotopic (exact) mass is 272 g/mol. The minimum absolute atomic E-state index is 0.119. The van der Waals surface area contributed by atoms with Crippen LogP contribution in [0.15, 0.2) is 6.20 Å². The third-order valence-corrected chi connectivity index (χ3v) is 3.07. The average molecular weight is 272 g/mol. The third kappa shape index (κ3) is 3.46. The van der Waals surface area contributed by atoms with Crippen LogP contribution < -0.4 is 4.74 Å². The maximum Gasteiger partial charge on any atom is 0.162 e. The van der Waals surface area contributed by atoms with E-state index >= 15 is 0 Å². The summed E-state index contributed by atoms with van der Waals surface area (Å²) < 4.78 is 17.3. The molecule has 1 aromatic rings. The summed E-state index contributed by atoms with van der Waals surface area (Å²) in [6.45, 7) is 5.70. The Kier molecular flexibility index (Phi) is 5.34. The Labute approximate surface area is 114 Å². The molecule has 0 aromatic carbocycles. The van der Waals surface area contributed by atoms with E-state index in [0.717, 1.165) is 0 Å². The Balaban J connectivity index is 3.14. The Bertz CT molecular complexity index is 397. The van der Waals surface area contributed by atoms with E-state index in [0.29, 0.717) is 11.4 Å². The van der Waals surface area contributed by atoms with Crippen molar-refractivity contribution in [3.05, 3.63) is 11.9 Å². The predicted octanol–water partition coefficient (Wildman–Crippen LogP) is 1.69. The van der Waals surface area contributed by atoms with Crippen molar-refractivity contribution in [2.24, 2.45) is 0 Å². The molecule has 1 rings (SSSR count). The first-order valence-electron chi connectivity index (χ1n) is 6.27. The second kappa shape index (κ2) is 6.36. The number of methoxy groups -OCH3 is 3. The van der Waals surface area contributed by atoms with Gasteiger partial charge in [-0.2, -0.15) is 5.10 Å². The molecule has 0 saturated carbocycles. The molecule has 1 unspecified atom stereocenters. The van der Waals surface area contributed by atoms with E-state index in [1.807, 2.05) is 13.8 Å². The first-order valence-corrected chi connectivity index (χ1v) is 6.27. The lowest BCUT2D eigenvalue weighted by Gasteiger charge is -2.29. The van der Waals surface area contributed by atoms with Gasteiger partial charge in [0.2, 0.25) is 0 Å². The summed E-state index contributed by atoms with van der Waals surface area (Å²) in [5.74, 6) is 0.560. The fraction of sp³-hybridized carbons (Fsp3) is 0.769. The van der Waals surface area contributed by atoms with Gasteiger partial charge in [0.1, 0.15) is 11.3 Å². The second-order valence-corrected chi connectivity index (χ2v) is 4.98. The quantitative estimate of drug-likeness (QED) is 0.765. The molecule has 0 bridgehead atoms. The van der Waals surface area contributed by atoms with Gasteiger partial charge in [0.25, 0.3) is 0 Å². The number of nitrogens with zero attached hydrogens (tertiary/aromatic N) is 2. The maximum absolute atomic E-state index is 10.7. The van der Waals surface area contributed by atoms with Crippen LogP contribution in [0.5, 0.6) is 5.75 Å². The van der Waals surface area contributed by atoms with Gasteiger partial charge in [-0.1, -0.05) is 0 Å². The molecule has 19 heavy (non-hydrogen) atoms. The lowest BCUT2D eigenvalue weighted by atomic mass is 9.96. The van der Waals surface area contributed by atoms with Gasteiger partial charge in [-0.15, -0.1) is 0 Å². The first kappa shape index (κ1) is 15.9. The number of hydrogen-bond donors (Lipinski definition) is 1. The van der Waals surface area contributed by atoms with Gasteiger partial charge in [0.05, 0.1) is 13.3 Å². The minimum Gasteiger partial charge on any atom is -0.493 e. The first-order chi connectivity index (χ1) is 8.87. The fourth-order valence-corrected chi connectivity index (χ4v) is 2.08. The molecule has 1 N–H and O–H groups in total. The maximum atomic E-state index is 10.7. The second-order valence-electron chi connectivity index (χ2n) is 4.98. The summed E-state index contributed by atoms with van der Waals surface area (Å²) in [5, 5.41) is 15.0. The molecule has 0 spiro atoms. The highest BCUT2D eigenvalue weighted by Gasteiger charge is 2.35. The molecule has 0 aliphatic heterocycles. The number of aromatic nitrogens is 2. The zero-order valence-electron chi connectivity index (χ0n) is 12.5. The smallest absolute Gasteiger partial charge is 0.162 e. The summed E-state index contributed by atoms with van der Waals surface area (Å²) in [6, 6.07) is 0.119. The minimum atomic E-state index is -1.16. The molecule has 0 saturated heterocycles. The largest absolute Gasteiger partial charge is 0.493 e. The van der Waals surface area contributed by atoms with Gasteiger partial charge >= 0.3 is 0 Å². The molecule has 0 aliphatic rings. The van der Waals surface area contributed by atoms with Crippen LogP contribution in [0.25, 0.3) is 0 Å². The zero-order valence-corrected chi connectivity index (χ0v) is 12.5. The molecule has 0 amide bonds. The molecule has 1 aromatic heterocycles. The van der Waals surface area contributed by atoms with Gasteiger partial charge in [-0.05, 0) is 20.8 Å². The highest BCUT2D eigenvalue weighted by Crippen LogP contribution is 2.35. The van der Waals surface area contributed by atoms with Crippen LogP contribution in [0.1, 0.15) is 38.9 Å². The van der Waals surface area contributed by atoms with E-state index in [2.05, 4.69) is 5.10 Å². The molecular formula is C13H24N2O4. The summed E-state index contributed by atoms with van der Waals surface area (Å²) in [4.78, 5) is 0. The van der Waals surface area contributed by atoms with E-state index < -0.39 is 11.9 Å². The van der Waals surface area contributed by atoms with E-state index in [1.165, 1.54) is 0 Å². The van der Waals surface area contributed by atoms with Crippen molar-refractivity contribution >= 4 is 0 Å². The van der Waals surface area contributed by atoms with Gasteiger partial charge in [0.15, 0.2) is 12.0 Å². The highest BCUT2D eigenvalue weighted by molar-refractivity contribution is 5.30. The van der Waals surface area contributed by atoms with Gasteiger partial charge < -0.3 is 19.3 Å². The molecule has 110 valence electrons. The highest BCUT2D eigenvalue weighted by atomic mass is 16.7. The third-order valence-electron chi connectivity index (χ3n) is 3.07. The van der Waals surface area contributed by atoms with Crippen LogP contribution in [-0.2, 0) is 15.1 Å². The van der Waals surface area contributed by atoms with Crippen molar-refractivity contribution in [1.82, 2.24) is 9.78 Å². The Morgan fingerprint density at radius 1 is 1.32 bits per heavy atom. The molecule has 0 radical (unpaired) electrons. The van der Waals surface area contributed by atoms with Gasteiger partial charge in [-0.25, -0.2) is 0 Å². The lowest BCUT2D eigenvalue weighted by Crippen LogP contribution is -2.33. The Morgan fingerprint density at radius 3 is 2.32 bits per heavy atom. The van der Waals surface area contributed by atoms with E-state index in [4.69, 9.17) is 14.2 Å². The molecule has 1 heterocycles. The van der Waals surface area contributed by atoms with Gasteiger partial charge in [-0.3, -0.25) is 4.68 Å².